The summed E-state index contributed by atoms with van der Waals surface area (Å²) in [6, 6.07) is 9.25. The van der Waals surface area contributed by atoms with Crippen molar-refractivity contribution in [2.24, 2.45) is 0 Å². The number of benzene rings is 2. The van der Waals surface area contributed by atoms with E-state index < -0.39 is 28.3 Å². The van der Waals surface area contributed by atoms with E-state index in [1.165, 1.54) is 55.1 Å². The number of halogens is 1. The SMILES string of the molecule is CC(=O)c1ccc(S(=O)(=O)N(C)CC(=O)Nc2ccc(F)c(-n3nnnc3C)c2)cc1. The highest BCUT2D eigenvalue weighted by Crippen LogP contribution is 2.19. The Morgan fingerprint density at radius 1 is 1.16 bits per heavy atom. The smallest absolute Gasteiger partial charge is 0.243 e. The van der Waals surface area contributed by atoms with E-state index in [9.17, 15) is 22.4 Å². The summed E-state index contributed by atoms with van der Waals surface area (Å²) >= 11 is 0. The Balaban J connectivity index is 1.73. The number of sulfonamides is 1. The highest BCUT2D eigenvalue weighted by molar-refractivity contribution is 7.89. The van der Waals surface area contributed by atoms with Gasteiger partial charge in [-0.05, 0) is 54.6 Å². The second-order valence-electron chi connectivity index (χ2n) is 6.69. The van der Waals surface area contributed by atoms with Gasteiger partial charge in [-0.1, -0.05) is 12.1 Å². The lowest BCUT2D eigenvalue weighted by molar-refractivity contribution is -0.116. The molecule has 0 atom stereocenters. The Hall–Kier alpha value is -3.51. The summed E-state index contributed by atoms with van der Waals surface area (Å²) < 4.78 is 41.6. The molecule has 31 heavy (non-hydrogen) atoms. The van der Waals surface area contributed by atoms with E-state index >= 15 is 0 Å². The van der Waals surface area contributed by atoms with Crippen molar-refractivity contribution in [1.82, 2.24) is 24.5 Å². The highest BCUT2D eigenvalue weighted by atomic mass is 32.2. The van der Waals surface area contributed by atoms with Crippen LogP contribution in [-0.2, 0) is 14.8 Å². The van der Waals surface area contributed by atoms with Gasteiger partial charge in [0.05, 0.1) is 11.4 Å². The first-order valence-corrected chi connectivity index (χ1v) is 10.5. The van der Waals surface area contributed by atoms with E-state index in [2.05, 4.69) is 20.8 Å². The summed E-state index contributed by atoms with van der Waals surface area (Å²) in [6.07, 6.45) is 0. The molecular weight excluding hydrogens is 427 g/mol. The zero-order valence-electron chi connectivity index (χ0n) is 16.9. The molecule has 0 spiro atoms. The fraction of sp³-hybridized carbons (Fsp3) is 0.211. The second-order valence-corrected chi connectivity index (χ2v) is 8.74. The van der Waals surface area contributed by atoms with Crippen LogP contribution in [0.2, 0.25) is 0 Å². The van der Waals surface area contributed by atoms with Crippen LogP contribution in [0.5, 0.6) is 0 Å². The highest BCUT2D eigenvalue weighted by Gasteiger charge is 2.23. The van der Waals surface area contributed by atoms with Crippen molar-refractivity contribution in [3.05, 3.63) is 59.7 Å². The maximum Gasteiger partial charge on any atom is 0.243 e. The quantitative estimate of drug-likeness (QED) is 0.546. The van der Waals surface area contributed by atoms with Crippen molar-refractivity contribution in [3.63, 3.8) is 0 Å². The largest absolute Gasteiger partial charge is 0.325 e. The average Bonchev–Trinajstić information content (AvgIpc) is 3.15. The predicted octanol–water partition coefficient (Wildman–Crippen LogP) is 1.57. The van der Waals surface area contributed by atoms with E-state index in [4.69, 9.17) is 0 Å². The number of Topliss-reactive ketones (excluding diaryl/α,β-unsaturated/α-hetero) is 1. The van der Waals surface area contributed by atoms with Crippen LogP contribution in [0.25, 0.3) is 5.69 Å². The molecule has 0 saturated carbocycles. The number of nitrogens with one attached hydrogen (secondary N) is 1. The van der Waals surface area contributed by atoms with Crippen molar-refractivity contribution < 1.29 is 22.4 Å². The Morgan fingerprint density at radius 3 is 2.42 bits per heavy atom. The number of anilines is 1. The maximum absolute atomic E-state index is 14.1. The summed E-state index contributed by atoms with van der Waals surface area (Å²) in [5.41, 5.74) is 0.657. The third-order valence-electron chi connectivity index (χ3n) is 4.42. The lowest BCUT2D eigenvalue weighted by atomic mass is 10.2. The van der Waals surface area contributed by atoms with Crippen molar-refractivity contribution in [1.29, 1.82) is 0 Å². The molecule has 1 heterocycles. The molecule has 3 rings (SSSR count). The van der Waals surface area contributed by atoms with Gasteiger partial charge in [-0.15, -0.1) is 5.10 Å². The van der Waals surface area contributed by atoms with Crippen LogP contribution in [0, 0.1) is 12.7 Å². The number of rotatable bonds is 7. The number of hydrogen-bond donors (Lipinski definition) is 1. The molecule has 0 fully saturated rings. The zero-order valence-corrected chi connectivity index (χ0v) is 17.7. The van der Waals surface area contributed by atoms with Crippen LogP contribution in [-0.4, -0.2) is 58.2 Å². The molecule has 0 aliphatic heterocycles. The van der Waals surface area contributed by atoms with Gasteiger partial charge >= 0.3 is 0 Å². The van der Waals surface area contributed by atoms with E-state index in [1.54, 1.807) is 6.92 Å². The Morgan fingerprint density at radius 2 is 1.84 bits per heavy atom. The first-order valence-electron chi connectivity index (χ1n) is 9.01. The zero-order chi connectivity index (χ0) is 22.8. The van der Waals surface area contributed by atoms with Gasteiger partial charge in [0.15, 0.2) is 11.6 Å². The molecule has 12 heteroatoms. The minimum Gasteiger partial charge on any atom is -0.325 e. The number of carbonyl (C=O) groups is 2. The lowest BCUT2D eigenvalue weighted by Gasteiger charge is -2.17. The Kier molecular flexibility index (Phi) is 6.22. The van der Waals surface area contributed by atoms with E-state index in [-0.39, 0.29) is 22.1 Å². The molecule has 10 nitrogen and oxygen atoms in total. The summed E-state index contributed by atoms with van der Waals surface area (Å²) in [5, 5.41) is 13.4. The predicted molar refractivity (Wildman–Crippen MR) is 109 cm³/mol. The second kappa shape index (κ2) is 8.70. The third-order valence-corrected chi connectivity index (χ3v) is 6.24. The van der Waals surface area contributed by atoms with Gasteiger partial charge < -0.3 is 5.32 Å². The molecule has 1 aromatic heterocycles. The fourth-order valence-corrected chi connectivity index (χ4v) is 3.86. The summed E-state index contributed by atoms with van der Waals surface area (Å²) in [7, 11) is -2.70. The first-order chi connectivity index (χ1) is 14.6. The van der Waals surface area contributed by atoms with Gasteiger partial charge in [0.2, 0.25) is 15.9 Å². The number of hydrogen-bond acceptors (Lipinski definition) is 7. The van der Waals surface area contributed by atoms with Gasteiger partial charge in [0.25, 0.3) is 0 Å². The normalized spacial score (nSPS) is 11.5. The number of nitrogens with zero attached hydrogens (tertiary/aromatic N) is 5. The van der Waals surface area contributed by atoms with Crippen LogP contribution in [0.3, 0.4) is 0 Å². The molecule has 1 amide bonds. The number of amides is 1. The molecule has 1 N–H and O–H groups in total. The van der Waals surface area contributed by atoms with E-state index in [1.807, 2.05) is 0 Å². The van der Waals surface area contributed by atoms with Crippen LogP contribution in [0.4, 0.5) is 10.1 Å². The summed E-state index contributed by atoms with van der Waals surface area (Å²) in [4.78, 5) is 23.7. The molecule has 0 aliphatic rings. The van der Waals surface area contributed by atoms with E-state index in [0.29, 0.717) is 11.4 Å². The van der Waals surface area contributed by atoms with Crippen LogP contribution in [0.15, 0.2) is 47.4 Å². The van der Waals surface area contributed by atoms with Crippen LogP contribution >= 0.6 is 0 Å². The number of carbonyl (C=O) groups excluding carboxylic acids is 2. The Labute approximate surface area is 177 Å². The molecular formula is C19H19FN6O4S. The topological polar surface area (TPSA) is 127 Å². The number of aryl methyl sites for hydroxylation is 1. The minimum atomic E-state index is -3.95. The van der Waals surface area contributed by atoms with Gasteiger partial charge in [0.1, 0.15) is 11.5 Å². The maximum atomic E-state index is 14.1. The number of aromatic nitrogens is 4. The number of tetrazole rings is 1. The molecule has 162 valence electrons. The van der Waals surface area contributed by atoms with Crippen LogP contribution < -0.4 is 5.32 Å². The van der Waals surface area contributed by atoms with Gasteiger partial charge in [0, 0.05) is 18.3 Å². The number of ketones is 1. The molecule has 0 saturated heterocycles. The van der Waals surface area contributed by atoms with Crippen molar-refractivity contribution in [2.45, 2.75) is 18.7 Å². The lowest BCUT2D eigenvalue weighted by Crippen LogP contribution is -2.35. The van der Waals surface area contributed by atoms with Gasteiger partial charge in [-0.2, -0.15) is 8.99 Å². The standard InChI is InChI=1S/C19H19FN6O4S/c1-12(27)14-4-7-16(8-5-14)31(29,30)25(3)11-19(28)21-15-6-9-17(20)18(10-15)26-13(2)22-23-24-26/h4-10H,11H2,1-3H3,(H,21,28). The molecule has 2 aromatic carbocycles. The molecule has 3 aromatic rings. The summed E-state index contributed by atoms with van der Waals surface area (Å²) in [5.74, 6) is -1.06. The molecule has 0 bridgehead atoms. The average molecular weight is 446 g/mol. The van der Waals surface area contributed by atoms with Crippen molar-refractivity contribution >= 4 is 27.4 Å². The van der Waals surface area contributed by atoms with Crippen molar-refractivity contribution in [3.8, 4) is 5.69 Å². The first kappa shape index (κ1) is 22.2. The molecule has 0 radical (unpaired) electrons. The van der Waals surface area contributed by atoms with E-state index in [0.717, 1.165) is 10.4 Å². The van der Waals surface area contributed by atoms with Crippen molar-refractivity contribution in [2.75, 3.05) is 18.9 Å². The monoisotopic (exact) mass is 446 g/mol. The Bertz CT molecular complexity index is 1240. The number of likely N-dealkylation sites (N-methyl/N-ethyl adjacent to an activating group) is 1. The van der Waals surface area contributed by atoms with Gasteiger partial charge in [-0.25, -0.2) is 12.8 Å². The molecule has 0 aliphatic carbocycles. The third kappa shape index (κ3) is 4.81. The summed E-state index contributed by atoms with van der Waals surface area (Å²) in [6.45, 7) is 2.49. The molecule has 0 unspecified atom stereocenters. The minimum absolute atomic E-state index is 0.0341. The fourth-order valence-electron chi connectivity index (χ4n) is 2.74. The van der Waals surface area contributed by atoms with Gasteiger partial charge in [-0.3, -0.25) is 9.59 Å². The van der Waals surface area contributed by atoms with Crippen LogP contribution in [0.1, 0.15) is 23.1 Å².